The normalized spacial score (nSPS) is 19.5. The highest BCUT2D eigenvalue weighted by Gasteiger charge is 2.43. The number of ether oxygens (including phenoxy) is 2. The lowest BCUT2D eigenvalue weighted by Gasteiger charge is -2.33. The second kappa shape index (κ2) is 11.0. The predicted molar refractivity (Wildman–Crippen MR) is 149 cm³/mol. The lowest BCUT2D eigenvalue weighted by molar-refractivity contribution is -0.125. The quantitative estimate of drug-likeness (QED) is 0.271. The van der Waals surface area contributed by atoms with E-state index in [9.17, 15) is 14.9 Å². The van der Waals surface area contributed by atoms with Crippen molar-refractivity contribution in [1.82, 2.24) is 15.2 Å². The van der Waals surface area contributed by atoms with E-state index in [1.165, 1.54) is 11.3 Å². The van der Waals surface area contributed by atoms with E-state index in [4.69, 9.17) is 32.2 Å². The molecule has 1 unspecified atom stereocenters. The van der Waals surface area contributed by atoms with Gasteiger partial charge in [-0.3, -0.25) is 10.2 Å². The topological polar surface area (TPSA) is 154 Å². The molecule has 0 spiro atoms. The number of carbonyl (C=O) groups excluding carboxylic acids is 2. The number of amides is 2. The second-order valence-corrected chi connectivity index (χ2v) is 12.6. The van der Waals surface area contributed by atoms with Gasteiger partial charge in [0.05, 0.1) is 11.0 Å². The Balaban J connectivity index is 1.43. The Bertz CT molecular complexity index is 1340. The van der Waals surface area contributed by atoms with Crippen LogP contribution in [0.15, 0.2) is 12.1 Å². The second-order valence-electron chi connectivity index (χ2n) is 11.1. The van der Waals surface area contributed by atoms with Crippen LogP contribution in [0.3, 0.4) is 0 Å². The molecule has 2 aromatic rings. The number of amidine groups is 1. The maximum Gasteiger partial charge on any atom is 0.410 e. The van der Waals surface area contributed by atoms with Crippen LogP contribution in [-0.2, 0) is 21.4 Å². The molecule has 0 bridgehead atoms. The van der Waals surface area contributed by atoms with Gasteiger partial charge in [-0.25, -0.2) is 9.78 Å². The van der Waals surface area contributed by atoms with E-state index in [0.717, 1.165) is 17.7 Å². The van der Waals surface area contributed by atoms with E-state index < -0.39 is 16.9 Å². The molecule has 4 N–H and O–H groups in total. The predicted octanol–water partition coefficient (Wildman–Crippen LogP) is 4.76. The SMILES string of the molecule is CC(C)(C)OC(=O)N1CCC(Oc2cc(Cl)nc(C(=N)NC(=O)C3(C)CCCc4sc(N)c(C#N)c43)c2)CC1. The number of carbonyl (C=O) groups is 2. The molecule has 0 radical (unpaired) electrons. The molecule has 1 atom stereocenters. The first kappa shape index (κ1) is 28.6. The Labute approximate surface area is 236 Å². The van der Waals surface area contributed by atoms with Gasteiger partial charge < -0.3 is 25.4 Å². The molecule has 10 nitrogen and oxygen atoms in total. The van der Waals surface area contributed by atoms with E-state index in [2.05, 4.69) is 16.4 Å². The number of fused-ring (bicyclic) bond motifs is 1. The summed E-state index contributed by atoms with van der Waals surface area (Å²) < 4.78 is 11.6. The number of nitrogens with zero attached hydrogens (tertiary/aromatic N) is 3. The summed E-state index contributed by atoms with van der Waals surface area (Å²) in [5.41, 5.74) is 5.66. The maximum atomic E-state index is 13.5. The smallest absolute Gasteiger partial charge is 0.410 e. The molecule has 1 aliphatic carbocycles. The van der Waals surface area contributed by atoms with E-state index in [-0.39, 0.29) is 28.9 Å². The Morgan fingerprint density at radius 2 is 2.03 bits per heavy atom. The van der Waals surface area contributed by atoms with Crippen molar-refractivity contribution in [3.63, 3.8) is 0 Å². The maximum absolute atomic E-state index is 13.5. The fourth-order valence-electron chi connectivity index (χ4n) is 4.98. The van der Waals surface area contributed by atoms with Gasteiger partial charge in [0.25, 0.3) is 0 Å². The molecular formula is C27H33ClN6O4S. The third kappa shape index (κ3) is 6.28. The van der Waals surface area contributed by atoms with Gasteiger partial charge in [-0.15, -0.1) is 11.3 Å². The number of anilines is 1. The number of likely N-dealkylation sites (tertiary alicyclic amines) is 1. The Morgan fingerprint density at radius 1 is 1.33 bits per heavy atom. The molecular weight excluding hydrogens is 540 g/mol. The molecule has 2 aromatic heterocycles. The molecule has 0 aromatic carbocycles. The van der Waals surface area contributed by atoms with E-state index in [1.807, 2.05) is 20.8 Å². The van der Waals surface area contributed by atoms with Crippen LogP contribution in [0, 0.1) is 16.7 Å². The molecule has 0 saturated carbocycles. The van der Waals surface area contributed by atoms with Gasteiger partial charge >= 0.3 is 6.09 Å². The minimum atomic E-state index is -1.00. The highest BCUT2D eigenvalue weighted by Crippen LogP contribution is 2.45. The van der Waals surface area contributed by atoms with Crippen LogP contribution >= 0.6 is 22.9 Å². The van der Waals surface area contributed by atoms with Crippen molar-refractivity contribution in [1.29, 1.82) is 10.7 Å². The monoisotopic (exact) mass is 572 g/mol. The van der Waals surface area contributed by atoms with Crippen molar-refractivity contribution in [2.75, 3.05) is 18.8 Å². The number of hydrogen-bond donors (Lipinski definition) is 3. The van der Waals surface area contributed by atoms with Crippen molar-refractivity contribution in [2.24, 2.45) is 0 Å². The molecule has 1 saturated heterocycles. The van der Waals surface area contributed by atoms with Gasteiger partial charge in [0.2, 0.25) is 5.91 Å². The standard InChI is InChI=1S/C27H33ClN6O4S/c1-26(2,3)38-25(36)34-10-7-15(8-11-34)37-16-12-18(32-20(28)13-16)22(30)33-24(35)27(4)9-5-6-19-21(27)17(14-29)23(31)39-19/h12-13,15H,5-11,31H2,1-4H3,(H2,30,33,35). The largest absolute Gasteiger partial charge is 0.490 e. The van der Waals surface area contributed by atoms with Crippen LogP contribution < -0.4 is 15.8 Å². The molecule has 12 heteroatoms. The van der Waals surface area contributed by atoms with Crippen molar-refractivity contribution >= 4 is 45.8 Å². The number of thiophene rings is 1. The summed E-state index contributed by atoms with van der Waals surface area (Å²) in [6.45, 7) is 8.27. The summed E-state index contributed by atoms with van der Waals surface area (Å²) in [6, 6.07) is 5.27. The minimum absolute atomic E-state index is 0.122. The average molecular weight is 573 g/mol. The highest BCUT2D eigenvalue weighted by molar-refractivity contribution is 7.16. The Morgan fingerprint density at radius 3 is 2.67 bits per heavy atom. The van der Waals surface area contributed by atoms with Gasteiger partial charge in [0, 0.05) is 48.5 Å². The summed E-state index contributed by atoms with van der Waals surface area (Å²) >= 11 is 7.59. The zero-order chi connectivity index (χ0) is 28.5. The highest BCUT2D eigenvalue weighted by atomic mass is 35.5. The summed E-state index contributed by atoms with van der Waals surface area (Å²) in [4.78, 5) is 32.6. The van der Waals surface area contributed by atoms with Crippen molar-refractivity contribution in [2.45, 2.75) is 76.9 Å². The number of rotatable bonds is 4. The fraction of sp³-hybridized carbons (Fsp3) is 0.519. The number of aromatic nitrogens is 1. The van der Waals surface area contributed by atoms with Gasteiger partial charge in [0.1, 0.15) is 39.4 Å². The molecule has 39 heavy (non-hydrogen) atoms. The average Bonchev–Trinajstić information content (AvgIpc) is 3.19. The summed E-state index contributed by atoms with van der Waals surface area (Å²) in [7, 11) is 0. The lowest BCUT2D eigenvalue weighted by Crippen LogP contribution is -2.47. The number of nitrogen functional groups attached to an aromatic ring is 1. The first-order valence-corrected chi connectivity index (χ1v) is 14.0. The zero-order valence-electron chi connectivity index (χ0n) is 22.5. The number of nitrogens with one attached hydrogen (secondary N) is 2. The summed E-state index contributed by atoms with van der Waals surface area (Å²) in [5, 5.41) is 21.4. The van der Waals surface area contributed by atoms with E-state index in [0.29, 0.717) is 54.2 Å². The number of halogens is 1. The molecule has 3 heterocycles. The third-order valence-electron chi connectivity index (χ3n) is 6.91. The molecule has 1 aliphatic heterocycles. The van der Waals surface area contributed by atoms with Crippen LogP contribution in [0.4, 0.5) is 9.80 Å². The van der Waals surface area contributed by atoms with Gasteiger partial charge in [-0.05, 0) is 47.0 Å². The first-order valence-electron chi connectivity index (χ1n) is 12.8. The molecule has 2 aliphatic rings. The Kier molecular flexibility index (Phi) is 8.09. The number of piperidine rings is 1. The van der Waals surface area contributed by atoms with E-state index in [1.54, 1.807) is 24.0 Å². The van der Waals surface area contributed by atoms with Crippen LogP contribution in [0.1, 0.15) is 75.1 Å². The van der Waals surface area contributed by atoms with Crippen molar-refractivity contribution < 1.29 is 19.1 Å². The van der Waals surface area contributed by atoms with Crippen LogP contribution in [0.5, 0.6) is 5.75 Å². The number of nitrogens with two attached hydrogens (primary N) is 1. The van der Waals surface area contributed by atoms with Gasteiger partial charge in [-0.2, -0.15) is 5.26 Å². The third-order valence-corrected chi connectivity index (χ3v) is 8.18. The zero-order valence-corrected chi connectivity index (χ0v) is 24.1. The van der Waals surface area contributed by atoms with Gasteiger partial charge in [-0.1, -0.05) is 11.6 Å². The first-order chi connectivity index (χ1) is 18.3. The lowest BCUT2D eigenvalue weighted by atomic mass is 9.72. The Hall–Kier alpha value is -3.36. The van der Waals surface area contributed by atoms with Crippen molar-refractivity contribution in [3.05, 3.63) is 39.0 Å². The number of aryl methyl sites for hydroxylation is 1. The van der Waals surface area contributed by atoms with Crippen LogP contribution in [0.25, 0.3) is 0 Å². The van der Waals surface area contributed by atoms with Crippen LogP contribution in [-0.4, -0.2) is 52.5 Å². The van der Waals surface area contributed by atoms with Crippen LogP contribution in [0.2, 0.25) is 5.15 Å². The fourth-order valence-corrected chi connectivity index (χ4v) is 6.37. The summed E-state index contributed by atoms with van der Waals surface area (Å²) in [5.74, 6) is -0.202. The molecule has 1 fully saturated rings. The van der Waals surface area contributed by atoms with E-state index >= 15 is 0 Å². The summed E-state index contributed by atoms with van der Waals surface area (Å²) in [6.07, 6.45) is 2.78. The van der Waals surface area contributed by atoms with Gasteiger partial charge in [0.15, 0.2) is 5.84 Å². The minimum Gasteiger partial charge on any atom is -0.490 e. The number of pyridine rings is 1. The molecule has 208 valence electrons. The van der Waals surface area contributed by atoms with Crippen molar-refractivity contribution in [3.8, 4) is 11.8 Å². The molecule has 2 amide bonds. The molecule has 4 rings (SSSR count). The number of nitriles is 1. The number of hydrogen-bond acceptors (Lipinski definition) is 9.